The molecule has 22 heavy (non-hydrogen) atoms. The summed E-state index contributed by atoms with van der Waals surface area (Å²) < 4.78 is 0. The van der Waals surface area contributed by atoms with Crippen LogP contribution in [0.25, 0.3) is 0 Å². The highest BCUT2D eigenvalue weighted by Gasteiger charge is 2.22. The largest absolute Gasteiger partial charge is 0.396 e. The molecule has 0 saturated heterocycles. The van der Waals surface area contributed by atoms with Gasteiger partial charge in [-0.2, -0.15) is 0 Å². The van der Waals surface area contributed by atoms with Crippen molar-refractivity contribution < 1.29 is 10.2 Å². The van der Waals surface area contributed by atoms with Crippen molar-refractivity contribution in [2.75, 3.05) is 13.2 Å². The Morgan fingerprint density at radius 3 is 1.27 bits per heavy atom. The van der Waals surface area contributed by atoms with Crippen molar-refractivity contribution in [2.45, 2.75) is 110 Å². The second kappa shape index (κ2) is 15.8. The summed E-state index contributed by atoms with van der Waals surface area (Å²) in [6, 6.07) is 0. The topological polar surface area (TPSA) is 40.5 Å². The van der Waals surface area contributed by atoms with Gasteiger partial charge in [-0.3, -0.25) is 0 Å². The van der Waals surface area contributed by atoms with Gasteiger partial charge in [0.2, 0.25) is 0 Å². The van der Waals surface area contributed by atoms with Crippen LogP contribution in [0, 0.1) is 5.41 Å². The third-order valence-electron chi connectivity index (χ3n) is 5.06. The number of rotatable bonds is 17. The van der Waals surface area contributed by atoms with Crippen molar-refractivity contribution in [3.05, 3.63) is 0 Å². The smallest absolute Gasteiger partial charge is 0.0436 e. The number of aliphatic hydroxyl groups is 2. The molecule has 0 heterocycles. The van der Waals surface area contributed by atoms with Gasteiger partial charge in [0, 0.05) is 13.2 Å². The molecule has 0 fully saturated rings. The van der Waals surface area contributed by atoms with E-state index in [1.807, 2.05) is 0 Å². The summed E-state index contributed by atoms with van der Waals surface area (Å²) in [5.41, 5.74) is 0.141. The highest BCUT2D eigenvalue weighted by Crippen LogP contribution is 2.32. The molecule has 0 bridgehead atoms. The van der Waals surface area contributed by atoms with Gasteiger partial charge in [0.15, 0.2) is 0 Å². The van der Waals surface area contributed by atoms with Crippen LogP contribution in [0.5, 0.6) is 0 Å². The monoisotopic (exact) mass is 314 g/mol. The number of hydrogen-bond donors (Lipinski definition) is 2. The SMILES string of the molecule is CCCCCCCCCCCCCCC(C)(CCO)CCO. The lowest BCUT2D eigenvalue weighted by Gasteiger charge is -2.28. The minimum Gasteiger partial charge on any atom is -0.396 e. The summed E-state index contributed by atoms with van der Waals surface area (Å²) in [7, 11) is 0. The predicted octanol–water partition coefficient (Wildman–Crippen LogP) is 5.85. The maximum absolute atomic E-state index is 9.14. The lowest BCUT2D eigenvalue weighted by Crippen LogP contribution is -2.19. The molecule has 0 aromatic carbocycles. The Bertz CT molecular complexity index is 210. The van der Waals surface area contributed by atoms with Crippen LogP contribution >= 0.6 is 0 Å². The standard InChI is InChI=1S/C20H42O2/c1-3-4-5-6-7-8-9-10-11-12-13-14-15-20(2,16-18-21)17-19-22/h21-22H,3-19H2,1-2H3. The Morgan fingerprint density at radius 1 is 0.545 bits per heavy atom. The molecule has 0 unspecified atom stereocenters. The van der Waals surface area contributed by atoms with E-state index in [9.17, 15) is 0 Å². The maximum atomic E-state index is 9.14. The lowest BCUT2D eigenvalue weighted by molar-refractivity contribution is 0.137. The van der Waals surface area contributed by atoms with E-state index >= 15 is 0 Å². The Labute approximate surface area is 139 Å². The summed E-state index contributed by atoms with van der Waals surface area (Å²) in [5, 5.41) is 18.3. The third kappa shape index (κ3) is 13.6. The minimum atomic E-state index is 0.141. The summed E-state index contributed by atoms with van der Waals surface area (Å²) >= 11 is 0. The third-order valence-corrected chi connectivity index (χ3v) is 5.06. The van der Waals surface area contributed by atoms with Crippen LogP contribution in [0.3, 0.4) is 0 Å². The molecule has 2 nitrogen and oxygen atoms in total. The van der Waals surface area contributed by atoms with Gasteiger partial charge in [0.25, 0.3) is 0 Å². The summed E-state index contributed by atoms with van der Waals surface area (Å²) in [6.45, 7) is 4.97. The van der Waals surface area contributed by atoms with Crippen molar-refractivity contribution in [3.8, 4) is 0 Å². The number of unbranched alkanes of at least 4 members (excludes halogenated alkanes) is 11. The first-order chi connectivity index (χ1) is 10.7. The normalized spacial score (nSPS) is 12.0. The Morgan fingerprint density at radius 2 is 0.909 bits per heavy atom. The minimum absolute atomic E-state index is 0.141. The van der Waals surface area contributed by atoms with Crippen LogP contribution in [-0.4, -0.2) is 23.4 Å². The van der Waals surface area contributed by atoms with E-state index in [0.29, 0.717) is 0 Å². The molecule has 2 N–H and O–H groups in total. The van der Waals surface area contributed by atoms with Crippen molar-refractivity contribution in [2.24, 2.45) is 5.41 Å². The zero-order valence-electron chi connectivity index (χ0n) is 15.4. The van der Waals surface area contributed by atoms with Crippen LogP contribution in [-0.2, 0) is 0 Å². The molecule has 0 aromatic rings. The van der Waals surface area contributed by atoms with Gasteiger partial charge in [-0.25, -0.2) is 0 Å². The summed E-state index contributed by atoms with van der Waals surface area (Å²) in [5.74, 6) is 0. The van der Waals surface area contributed by atoms with Gasteiger partial charge in [-0.05, 0) is 24.7 Å². The van der Waals surface area contributed by atoms with Crippen LogP contribution in [0.4, 0.5) is 0 Å². The Kier molecular flexibility index (Phi) is 15.7. The molecule has 0 aliphatic rings. The molecule has 2 heteroatoms. The molecular weight excluding hydrogens is 272 g/mol. The molecule has 0 saturated carbocycles. The van der Waals surface area contributed by atoms with Gasteiger partial charge in [0.1, 0.15) is 0 Å². The molecule has 0 spiro atoms. The fraction of sp³-hybridized carbons (Fsp3) is 1.00. The highest BCUT2D eigenvalue weighted by molar-refractivity contribution is 4.73. The van der Waals surface area contributed by atoms with E-state index in [0.717, 1.165) is 19.3 Å². The van der Waals surface area contributed by atoms with E-state index in [2.05, 4.69) is 13.8 Å². The van der Waals surface area contributed by atoms with Gasteiger partial charge >= 0.3 is 0 Å². The zero-order chi connectivity index (χ0) is 16.5. The molecule has 0 aliphatic heterocycles. The molecule has 0 amide bonds. The van der Waals surface area contributed by atoms with Crippen molar-refractivity contribution in [3.63, 3.8) is 0 Å². The first kappa shape index (κ1) is 21.9. The second-order valence-corrected chi connectivity index (χ2v) is 7.40. The van der Waals surface area contributed by atoms with E-state index in [-0.39, 0.29) is 18.6 Å². The molecule has 0 atom stereocenters. The van der Waals surface area contributed by atoms with E-state index in [4.69, 9.17) is 10.2 Å². The first-order valence-electron chi connectivity index (χ1n) is 9.90. The van der Waals surface area contributed by atoms with Crippen molar-refractivity contribution in [1.29, 1.82) is 0 Å². The van der Waals surface area contributed by atoms with Gasteiger partial charge in [-0.1, -0.05) is 90.9 Å². The predicted molar refractivity (Wildman–Crippen MR) is 97.2 cm³/mol. The number of hydrogen-bond acceptors (Lipinski definition) is 2. The fourth-order valence-corrected chi connectivity index (χ4v) is 3.31. The molecule has 0 aliphatic carbocycles. The Hall–Kier alpha value is -0.0800. The molecule has 134 valence electrons. The lowest BCUT2D eigenvalue weighted by atomic mass is 9.79. The van der Waals surface area contributed by atoms with Crippen LogP contribution in [0.15, 0.2) is 0 Å². The second-order valence-electron chi connectivity index (χ2n) is 7.40. The molecule has 0 rings (SSSR count). The average Bonchev–Trinajstić information content (AvgIpc) is 2.49. The quantitative estimate of drug-likeness (QED) is 0.331. The average molecular weight is 315 g/mol. The highest BCUT2D eigenvalue weighted by atomic mass is 16.3. The number of aliphatic hydroxyl groups excluding tert-OH is 2. The first-order valence-corrected chi connectivity index (χ1v) is 9.90. The molecule has 0 aromatic heterocycles. The van der Waals surface area contributed by atoms with Crippen LogP contribution in [0.1, 0.15) is 110 Å². The van der Waals surface area contributed by atoms with E-state index in [1.165, 1.54) is 77.0 Å². The summed E-state index contributed by atoms with van der Waals surface area (Å²) in [6.07, 6.45) is 19.4. The Balaban J connectivity index is 3.34. The van der Waals surface area contributed by atoms with Gasteiger partial charge < -0.3 is 10.2 Å². The van der Waals surface area contributed by atoms with E-state index < -0.39 is 0 Å². The van der Waals surface area contributed by atoms with Crippen LogP contribution in [0.2, 0.25) is 0 Å². The van der Waals surface area contributed by atoms with E-state index in [1.54, 1.807) is 0 Å². The fourth-order valence-electron chi connectivity index (χ4n) is 3.31. The molecular formula is C20H42O2. The molecule has 0 radical (unpaired) electrons. The maximum Gasteiger partial charge on any atom is 0.0436 e. The summed E-state index contributed by atoms with van der Waals surface area (Å²) in [4.78, 5) is 0. The van der Waals surface area contributed by atoms with Gasteiger partial charge in [0.05, 0.1) is 0 Å². The van der Waals surface area contributed by atoms with Crippen molar-refractivity contribution >= 4 is 0 Å². The zero-order valence-corrected chi connectivity index (χ0v) is 15.4. The van der Waals surface area contributed by atoms with Crippen LogP contribution < -0.4 is 0 Å². The van der Waals surface area contributed by atoms with Gasteiger partial charge in [-0.15, -0.1) is 0 Å². The van der Waals surface area contributed by atoms with Crippen molar-refractivity contribution in [1.82, 2.24) is 0 Å².